The van der Waals surface area contributed by atoms with Gasteiger partial charge < -0.3 is 10.1 Å². The van der Waals surface area contributed by atoms with Gasteiger partial charge in [0, 0.05) is 20.9 Å². The lowest BCUT2D eigenvalue weighted by Gasteiger charge is -2.17. The molecule has 0 aromatic heterocycles. The summed E-state index contributed by atoms with van der Waals surface area (Å²) >= 11 is 6.69. The van der Waals surface area contributed by atoms with Crippen molar-refractivity contribution in [2.24, 2.45) is 0 Å². The third-order valence-corrected chi connectivity index (χ3v) is 4.25. The van der Waals surface area contributed by atoms with E-state index < -0.39 is 12.0 Å². The van der Waals surface area contributed by atoms with Gasteiger partial charge in [-0.2, -0.15) is 0 Å². The molecule has 120 valence electrons. The van der Waals surface area contributed by atoms with Crippen molar-refractivity contribution in [1.82, 2.24) is 5.32 Å². The molecule has 6 heteroatoms. The maximum Gasteiger partial charge on any atom is 0.328 e. The third-order valence-electron chi connectivity index (χ3n) is 3.23. The molecular weight excluding hydrogens is 426 g/mol. The van der Waals surface area contributed by atoms with Crippen molar-refractivity contribution in [2.75, 3.05) is 7.11 Å². The normalized spacial score (nSPS) is 11.6. The Bertz CT molecular complexity index is 701. The molecule has 2 rings (SSSR count). The number of nitrogens with one attached hydrogen (secondary N) is 1. The van der Waals surface area contributed by atoms with Crippen LogP contribution >= 0.6 is 31.9 Å². The van der Waals surface area contributed by atoms with Gasteiger partial charge in [-0.1, -0.05) is 50.1 Å². The minimum absolute atomic E-state index is 0.321. The number of esters is 1. The minimum Gasteiger partial charge on any atom is -0.467 e. The topological polar surface area (TPSA) is 55.4 Å². The van der Waals surface area contributed by atoms with E-state index in [1.54, 1.807) is 18.2 Å². The second kappa shape index (κ2) is 8.26. The first-order valence-corrected chi connectivity index (χ1v) is 8.47. The van der Waals surface area contributed by atoms with E-state index in [2.05, 4.69) is 37.2 Å². The molecule has 1 amide bonds. The molecule has 0 aliphatic carbocycles. The Morgan fingerprint density at radius 1 is 1.09 bits per heavy atom. The van der Waals surface area contributed by atoms with E-state index in [4.69, 9.17) is 4.74 Å². The lowest BCUT2D eigenvalue weighted by molar-refractivity contribution is -0.142. The summed E-state index contributed by atoms with van der Waals surface area (Å²) in [6.45, 7) is 0. The van der Waals surface area contributed by atoms with Crippen LogP contribution in [0.25, 0.3) is 0 Å². The highest BCUT2D eigenvalue weighted by molar-refractivity contribution is 9.10. The van der Waals surface area contributed by atoms with Crippen LogP contribution in [0.1, 0.15) is 15.9 Å². The second-order valence-electron chi connectivity index (χ2n) is 4.89. The summed E-state index contributed by atoms with van der Waals surface area (Å²) in [6, 6.07) is 13.8. The first-order chi connectivity index (χ1) is 11.0. The Hall–Kier alpha value is -1.66. The summed E-state index contributed by atoms with van der Waals surface area (Å²) in [5.74, 6) is -0.796. The molecule has 0 heterocycles. The molecule has 1 atom stereocenters. The zero-order valence-electron chi connectivity index (χ0n) is 12.4. The standard InChI is InChI=1S/C17H15Br2NO3/c1-23-17(22)15(9-11-5-7-13(18)8-6-11)20-16(21)12-3-2-4-14(19)10-12/h2-8,10,15H,9H2,1H3,(H,20,21)/t15-/m1/s1. The van der Waals surface area contributed by atoms with Crippen molar-refractivity contribution < 1.29 is 14.3 Å². The Balaban J connectivity index is 2.13. The van der Waals surface area contributed by atoms with Crippen LogP contribution in [-0.4, -0.2) is 25.0 Å². The fourth-order valence-corrected chi connectivity index (χ4v) is 2.73. The number of ether oxygens (including phenoxy) is 1. The van der Waals surface area contributed by atoms with Crippen LogP contribution in [-0.2, 0) is 16.0 Å². The first-order valence-electron chi connectivity index (χ1n) is 6.88. The molecule has 2 aromatic rings. The molecule has 0 radical (unpaired) electrons. The summed E-state index contributed by atoms with van der Waals surface area (Å²) < 4.78 is 6.55. The third kappa shape index (κ3) is 5.18. The number of methoxy groups -OCH3 is 1. The van der Waals surface area contributed by atoms with Gasteiger partial charge in [0.2, 0.25) is 0 Å². The fourth-order valence-electron chi connectivity index (χ4n) is 2.06. The van der Waals surface area contributed by atoms with E-state index in [1.807, 2.05) is 30.3 Å². The molecule has 2 aromatic carbocycles. The molecule has 4 nitrogen and oxygen atoms in total. The molecule has 0 bridgehead atoms. The number of carbonyl (C=O) groups is 2. The number of rotatable bonds is 5. The highest BCUT2D eigenvalue weighted by Crippen LogP contribution is 2.14. The number of amides is 1. The molecule has 0 aliphatic heterocycles. The molecule has 0 aliphatic rings. The molecular formula is C17H15Br2NO3. The van der Waals surface area contributed by atoms with Crippen LogP contribution in [0.2, 0.25) is 0 Å². The van der Waals surface area contributed by atoms with Crippen LogP contribution < -0.4 is 5.32 Å². The molecule has 0 unspecified atom stereocenters. The largest absolute Gasteiger partial charge is 0.467 e. The lowest BCUT2D eigenvalue weighted by atomic mass is 10.1. The number of halogens is 2. The molecule has 23 heavy (non-hydrogen) atoms. The number of benzene rings is 2. The van der Waals surface area contributed by atoms with Crippen molar-refractivity contribution in [3.8, 4) is 0 Å². The Labute approximate surface area is 151 Å². The van der Waals surface area contributed by atoms with Gasteiger partial charge in [0.25, 0.3) is 5.91 Å². The predicted octanol–water partition coefficient (Wildman–Crippen LogP) is 3.73. The van der Waals surface area contributed by atoms with Crippen molar-refractivity contribution in [3.05, 3.63) is 68.6 Å². The number of hydrogen-bond acceptors (Lipinski definition) is 3. The van der Waals surface area contributed by atoms with E-state index in [0.29, 0.717) is 12.0 Å². The van der Waals surface area contributed by atoms with E-state index in [9.17, 15) is 9.59 Å². The van der Waals surface area contributed by atoms with E-state index in [1.165, 1.54) is 7.11 Å². The van der Waals surface area contributed by atoms with Gasteiger partial charge in [0.1, 0.15) is 6.04 Å². The maximum atomic E-state index is 12.3. The van der Waals surface area contributed by atoms with Gasteiger partial charge in [-0.15, -0.1) is 0 Å². The summed E-state index contributed by atoms with van der Waals surface area (Å²) in [7, 11) is 1.31. The zero-order valence-corrected chi connectivity index (χ0v) is 15.6. The van der Waals surface area contributed by atoms with Gasteiger partial charge in [-0.05, 0) is 35.9 Å². The smallest absolute Gasteiger partial charge is 0.328 e. The monoisotopic (exact) mass is 439 g/mol. The Kier molecular flexibility index (Phi) is 6.36. The zero-order chi connectivity index (χ0) is 16.8. The summed E-state index contributed by atoms with van der Waals surface area (Å²) in [5, 5.41) is 2.73. The summed E-state index contributed by atoms with van der Waals surface area (Å²) in [4.78, 5) is 24.3. The van der Waals surface area contributed by atoms with Gasteiger partial charge in [0.15, 0.2) is 0 Å². The average Bonchev–Trinajstić information content (AvgIpc) is 2.55. The maximum absolute atomic E-state index is 12.3. The number of carbonyl (C=O) groups excluding carboxylic acids is 2. The van der Waals surface area contributed by atoms with Crippen molar-refractivity contribution >= 4 is 43.7 Å². The van der Waals surface area contributed by atoms with Gasteiger partial charge in [0.05, 0.1) is 7.11 Å². The molecule has 1 N–H and O–H groups in total. The predicted molar refractivity (Wildman–Crippen MR) is 95.3 cm³/mol. The summed E-state index contributed by atoms with van der Waals surface area (Å²) in [5.41, 5.74) is 1.40. The second-order valence-corrected chi connectivity index (χ2v) is 6.72. The van der Waals surface area contributed by atoms with Gasteiger partial charge in [-0.3, -0.25) is 4.79 Å². The Morgan fingerprint density at radius 2 is 1.78 bits per heavy atom. The Morgan fingerprint density at radius 3 is 2.39 bits per heavy atom. The molecule has 0 spiro atoms. The SMILES string of the molecule is COC(=O)[C@@H](Cc1ccc(Br)cc1)NC(=O)c1cccc(Br)c1. The first kappa shape index (κ1) is 17.7. The fraction of sp³-hybridized carbons (Fsp3) is 0.176. The van der Waals surface area contributed by atoms with E-state index >= 15 is 0 Å². The van der Waals surface area contributed by atoms with Crippen LogP contribution in [0.4, 0.5) is 0 Å². The molecule has 0 saturated carbocycles. The highest BCUT2D eigenvalue weighted by atomic mass is 79.9. The quantitative estimate of drug-likeness (QED) is 0.720. The van der Waals surface area contributed by atoms with Gasteiger partial charge in [-0.25, -0.2) is 4.79 Å². The lowest BCUT2D eigenvalue weighted by Crippen LogP contribution is -2.43. The van der Waals surface area contributed by atoms with Crippen molar-refractivity contribution in [3.63, 3.8) is 0 Å². The van der Waals surface area contributed by atoms with Crippen LogP contribution in [0.5, 0.6) is 0 Å². The van der Waals surface area contributed by atoms with Crippen molar-refractivity contribution in [1.29, 1.82) is 0 Å². The van der Waals surface area contributed by atoms with Crippen LogP contribution in [0.3, 0.4) is 0 Å². The van der Waals surface area contributed by atoms with Crippen LogP contribution in [0.15, 0.2) is 57.5 Å². The average molecular weight is 441 g/mol. The molecule has 0 saturated heterocycles. The van der Waals surface area contributed by atoms with Gasteiger partial charge >= 0.3 is 5.97 Å². The highest BCUT2D eigenvalue weighted by Gasteiger charge is 2.22. The number of hydrogen-bond donors (Lipinski definition) is 1. The minimum atomic E-state index is -0.743. The van der Waals surface area contributed by atoms with Crippen LogP contribution in [0, 0.1) is 0 Å². The van der Waals surface area contributed by atoms with Crippen molar-refractivity contribution in [2.45, 2.75) is 12.5 Å². The summed E-state index contributed by atoms with van der Waals surface area (Å²) in [6.07, 6.45) is 0.361. The molecule has 0 fully saturated rings. The van der Waals surface area contributed by atoms with E-state index in [-0.39, 0.29) is 5.91 Å². The van der Waals surface area contributed by atoms with E-state index in [0.717, 1.165) is 14.5 Å².